The van der Waals surface area contributed by atoms with Crippen LogP contribution in [0.2, 0.25) is 0 Å². The number of nitrogens with two attached hydrogens (primary N) is 1. The van der Waals surface area contributed by atoms with E-state index in [-0.39, 0.29) is 6.04 Å². The van der Waals surface area contributed by atoms with Crippen LogP contribution in [0.3, 0.4) is 0 Å². The Balaban J connectivity index is 2.40. The second-order valence-electron chi connectivity index (χ2n) is 4.16. The van der Waals surface area contributed by atoms with E-state index in [1.807, 2.05) is 12.1 Å². The molecule has 0 saturated heterocycles. The van der Waals surface area contributed by atoms with Gasteiger partial charge in [-0.1, -0.05) is 18.2 Å². The van der Waals surface area contributed by atoms with E-state index >= 15 is 0 Å². The Morgan fingerprint density at radius 2 is 2.13 bits per heavy atom. The lowest BCUT2D eigenvalue weighted by atomic mass is 9.92. The van der Waals surface area contributed by atoms with Crippen LogP contribution in [-0.2, 0) is 6.42 Å². The lowest BCUT2D eigenvalue weighted by molar-refractivity contribution is 0.557. The molecule has 1 aromatic carbocycles. The van der Waals surface area contributed by atoms with Gasteiger partial charge in [0, 0.05) is 23.2 Å². The molecule has 15 heavy (non-hydrogen) atoms. The molecule has 1 heterocycles. The number of aryl methyl sites for hydroxylation is 1. The molecular formula is C12H13ClN2. The second kappa shape index (κ2) is 3.26. The molecule has 0 aliphatic heterocycles. The first-order chi connectivity index (χ1) is 7.29. The molecule has 2 N–H and O–H groups in total. The van der Waals surface area contributed by atoms with E-state index in [4.69, 9.17) is 17.5 Å². The monoisotopic (exact) mass is 220 g/mol. The third-order valence-electron chi connectivity index (χ3n) is 3.25. The molecule has 0 saturated carbocycles. The van der Waals surface area contributed by atoms with Crippen LogP contribution in [0.1, 0.15) is 30.1 Å². The number of halogens is 1. The highest BCUT2D eigenvalue weighted by Crippen LogP contribution is 2.36. The molecule has 1 aliphatic rings. The molecule has 1 unspecified atom stereocenters. The predicted octanol–water partition coefficient (Wildman–Crippen LogP) is 2.98. The SMILES string of the molecule is NC1CCCc2c1n(Cl)c1ccccc21. The first-order valence-corrected chi connectivity index (χ1v) is 5.67. The van der Waals surface area contributed by atoms with Gasteiger partial charge in [-0.05, 0) is 30.9 Å². The average Bonchev–Trinajstić information content (AvgIpc) is 2.55. The Morgan fingerprint density at radius 1 is 1.33 bits per heavy atom. The van der Waals surface area contributed by atoms with Gasteiger partial charge >= 0.3 is 0 Å². The van der Waals surface area contributed by atoms with Crippen molar-refractivity contribution in [2.24, 2.45) is 5.73 Å². The summed E-state index contributed by atoms with van der Waals surface area (Å²) in [5.41, 5.74) is 9.65. The quantitative estimate of drug-likeness (QED) is 0.727. The fourth-order valence-corrected chi connectivity index (χ4v) is 2.93. The number of hydrogen-bond donors (Lipinski definition) is 1. The molecule has 78 valence electrons. The van der Waals surface area contributed by atoms with Gasteiger partial charge in [0.15, 0.2) is 0 Å². The van der Waals surface area contributed by atoms with Gasteiger partial charge in [0.05, 0.1) is 11.2 Å². The number of para-hydroxylation sites is 1. The van der Waals surface area contributed by atoms with Crippen molar-refractivity contribution in [3.05, 3.63) is 35.5 Å². The molecule has 0 bridgehead atoms. The van der Waals surface area contributed by atoms with Crippen LogP contribution < -0.4 is 5.73 Å². The third-order valence-corrected chi connectivity index (χ3v) is 3.62. The minimum Gasteiger partial charge on any atom is -0.323 e. The van der Waals surface area contributed by atoms with Gasteiger partial charge < -0.3 is 5.73 Å². The highest BCUT2D eigenvalue weighted by atomic mass is 35.5. The van der Waals surface area contributed by atoms with E-state index in [1.54, 1.807) is 4.09 Å². The first-order valence-electron chi connectivity index (χ1n) is 5.33. The van der Waals surface area contributed by atoms with E-state index < -0.39 is 0 Å². The van der Waals surface area contributed by atoms with Gasteiger partial charge in [-0.15, -0.1) is 0 Å². The van der Waals surface area contributed by atoms with Crippen LogP contribution in [0.15, 0.2) is 24.3 Å². The zero-order chi connectivity index (χ0) is 10.4. The number of benzene rings is 1. The molecule has 1 aromatic heterocycles. The minimum absolute atomic E-state index is 0.0960. The summed E-state index contributed by atoms with van der Waals surface area (Å²) in [7, 11) is 0. The predicted molar refractivity (Wildman–Crippen MR) is 63.1 cm³/mol. The summed E-state index contributed by atoms with van der Waals surface area (Å²) in [5.74, 6) is 0. The maximum Gasteiger partial charge on any atom is 0.0654 e. The van der Waals surface area contributed by atoms with Crippen molar-refractivity contribution in [3.8, 4) is 0 Å². The Kier molecular flexibility index (Phi) is 2.01. The molecule has 0 fully saturated rings. The number of fused-ring (bicyclic) bond motifs is 3. The number of hydrogen-bond acceptors (Lipinski definition) is 1. The molecular weight excluding hydrogens is 208 g/mol. The third kappa shape index (κ3) is 1.22. The first kappa shape index (κ1) is 9.25. The van der Waals surface area contributed by atoms with Gasteiger partial charge in [0.1, 0.15) is 0 Å². The molecule has 2 aromatic rings. The van der Waals surface area contributed by atoms with Crippen LogP contribution in [-0.4, -0.2) is 4.09 Å². The molecule has 3 rings (SSSR count). The van der Waals surface area contributed by atoms with Gasteiger partial charge in [-0.25, -0.2) is 0 Å². The summed E-state index contributed by atoms with van der Waals surface area (Å²) in [6, 6.07) is 8.34. The number of aromatic nitrogens is 1. The molecule has 3 heteroatoms. The summed E-state index contributed by atoms with van der Waals surface area (Å²) in [5, 5.41) is 1.26. The highest BCUT2D eigenvalue weighted by Gasteiger charge is 2.24. The Bertz CT molecular complexity index is 516. The standard InChI is InChI=1S/C12H13ClN2/c13-15-11-7-2-1-4-8(11)9-5-3-6-10(14)12(9)15/h1-2,4,7,10H,3,5-6,14H2. The number of nitrogens with zero attached hydrogens (tertiary/aromatic N) is 1. The van der Waals surface area contributed by atoms with E-state index in [0.717, 1.165) is 24.1 Å². The normalized spacial score (nSPS) is 20.5. The van der Waals surface area contributed by atoms with Crippen molar-refractivity contribution in [1.82, 2.24) is 4.09 Å². The Morgan fingerprint density at radius 3 is 3.00 bits per heavy atom. The summed E-state index contributed by atoms with van der Waals surface area (Å²) >= 11 is 6.31. The van der Waals surface area contributed by atoms with Crippen LogP contribution in [0.4, 0.5) is 0 Å². The number of rotatable bonds is 0. The highest BCUT2D eigenvalue weighted by molar-refractivity contribution is 6.20. The summed E-state index contributed by atoms with van der Waals surface area (Å²) in [6.07, 6.45) is 3.30. The minimum atomic E-state index is 0.0960. The Hall–Kier alpha value is -0.990. The van der Waals surface area contributed by atoms with Gasteiger partial charge in [-0.3, -0.25) is 4.09 Å². The fourth-order valence-electron chi connectivity index (χ4n) is 2.55. The zero-order valence-corrected chi connectivity index (χ0v) is 9.17. The van der Waals surface area contributed by atoms with Crippen LogP contribution >= 0.6 is 11.8 Å². The van der Waals surface area contributed by atoms with Crippen molar-refractivity contribution < 1.29 is 0 Å². The lowest BCUT2D eigenvalue weighted by Crippen LogP contribution is -2.18. The Labute approximate surface area is 93.7 Å². The molecule has 0 radical (unpaired) electrons. The summed E-state index contributed by atoms with van der Waals surface area (Å²) in [4.78, 5) is 0. The van der Waals surface area contributed by atoms with Gasteiger partial charge in [0.2, 0.25) is 0 Å². The van der Waals surface area contributed by atoms with Crippen molar-refractivity contribution in [2.45, 2.75) is 25.3 Å². The largest absolute Gasteiger partial charge is 0.323 e. The second-order valence-corrected chi connectivity index (χ2v) is 4.50. The van der Waals surface area contributed by atoms with Gasteiger partial charge in [-0.2, -0.15) is 0 Å². The van der Waals surface area contributed by atoms with Crippen LogP contribution in [0.25, 0.3) is 10.9 Å². The maximum absolute atomic E-state index is 6.31. The van der Waals surface area contributed by atoms with E-state index in [0.29, 0.717) is 0 Å². The molecule has 0 amide bonds. The molecule has 1 aliphatic carbocycles. The summed E-state index contributed by atoms with van der Waals surface area (Å²) in [6.45, 7) is 0. The zero-order valence-electron chi connectivity index (χ0n) is 8.41. The molecule has 2 nitrogen and oxygen atoms in total. The van der Waals surface area contributed by atoms with Crippen molar-refractivity contribution in [3.63, 3.8) is 0 Å². The fraction of sp³-hybridized carbons (Fsp3) is 0.333. The average molecular weight is 221 g/mol. The van der Waals surface area contributed by atoms with Crippen LogP contribution in [0, 0.1) is 0 Å². The van der Waals surface area contributed by atoms with Crippen molar-refractivity contribution in [1.29, 1.82) is 0 Å². The van der Waals surface area contributed by atoms with E-state index in [2.05, 4.69) is 12.1 Å². The van der Waals surface area contributed by atoms with E-state index in [1.165, 1.54) is 17.4 Å². The molecule has 0 spiro atoms. The maximum atomic E-state index is 6.31. The molecule has 1 atom stereocenters. The van der Waals surface area contributed by atoms with E-state index in [9.17, 15) is 0 Å². The van der Waals surface area contributed by atoms with Crippen molar-refractivity contribution in [2.75, 3.05) is 0 Å². The van der Waals surface area contributed by atoms with Crippen LogP contribution in [0.5, 0.6) is 0 Å². The smallest absolute Gasteiger partial charge is 0.0654 e. The van der Waals surface area contributed by atoms with Gasteiger partial charge in [0.25, 0.3) is 0 Å². The lowest BCUT2D eigenvalue weighted by Gasteiger charge is -2.19. The topological polar surface area (TPSA) is 30.9 Å². The summed E-state index contributed by atoms with van der Waals surface area (Å²) < 4.78 is 1.74. The van der Waals surface area contributed by atoms with Crippen molar-refractivity contribution >= 4 is 22.7 Å².